The fourth-order valence-corrected chi connectivity index (χ4v) is 16.9. The largest absolute Gasteiger partial charge is 0.436 e. The number of anilines is 6. The lowest BCUT2D eigenvalue weighted by molar-refractivity contribution is 0.619. The van der Waals surface area contributed by atoms with E-state index < -0.39 is 0 Å². The highest BCUT2D eigenvalue weighted by Gasteiger charge is 2.37. The molecule has 1 aliphatic carbocycles. The van der Waals surface area contributed by atoms with E-state index in [4.69, 9.17) is 18.8 Å². The van der Waals surface area contributed by atoms with E-state index in [9.17, 15) is 0 Å². The molecule has 0 saturated heterocycles. The molecule has 0 amide bonds. The lowest BCUT2D eigenvalue weighted by Crippen LogP contribution is -2.16. The Labute approximate surface area is 643 Å². The van der Waals surface area contributed by atoms with Gasteiger partial charge in [0.25, 0.3) is 0 Å². The number of aromatic nitrogens is 2. The quantitative estimate of drug-likeness (QED) is 0.101. The van der Waals surface area contributed by atoms with Gasteiger partial charge in [-0.15, -0.1) is 0 Å². The molecular formula is C105H70N4O2. The maximum absolute atomic E-state index is 6.39. The summed E-state index contributed by atoms with van der Waals surface area (Å²) < 4.78 is 12.8. The van der Waals surface area contributed by atoms with Gasteiger partial charge < -0.3 is 18.6 Å². The van der Waals surface area contributed by atoms with E-state index in [0.29, 0.717) is 11.8 Å². The molecule has 0 N–H and O–H groups in total. The topological polar surface area (TPSA) is 58.5 Å². The molecule has 18 aromatic carbocycles. The maximum atomic E-state index is 6.39. The van der Waals surface area contributed by atoms with Crippen LogP contribution in [0, 0.1) is 0 Å². The Hall–Kier alpha value is -14.5. The number of rotatable bonds is 14. The van der Waals surface area contributed by atoms with Gasteiger partial charge in [0.2, 0.25) is 11.8 Å². The normalized spacial score (nSPS) is 12.3. The van der Waals surface area contributed by atoms with Crippen molar-refractivity contribution in [2.24, 2.45) is 0 Å². The fourth-order valence-electron chi connectivity index (χ4n) is 16.9. The van der Waals surface area contributed by atoms with Gasteiger partial charge in [0.15, 0.2) is 11.2 Å². The number of fused-ring (bicyclic) bond motifs is 13. The summed E-state index contributed by atoms with van der Waals surface area (Å²) in [5.74, 6) is 1.25. The monoisotopic (exact) mass is 1420 g/mol. The third-order valence-corrected chi connectivity index (χ3v) is 22.7. The molecule has 0 saturated carbocycles. The number of hydrogen-bond acceptors (Lipinski definition) is 6. The average Bonchev–Trinajstić information content (AvgIpc) is 1.59. The van der Waals surface area contributed by atoms with E-state index in [-0.39, 0.29) is 5.41 Å². The van der Waals surface area contributed by atoms with E-state index in [1.165, 1.54) is 50.1 Å². The van der Waals surface area contributed by atoms with Crippen LogP contribution in [0.3, 0.4) is 0 Å². The third kappa shape index (κ3) is 11.5. The maximum Gasteiger partial charge on any atom is 0.227 e. The molecule has 111 heavy (non-hydrogen) atoms. The van der Waals surface area contributed by atoms with Crippen molar-refractivity contribution in [2.45, 2.75) is 19.3 Å². The van der Waals surface area contributed by atoms with Crippen LogP contribution >= 0.6 is 0 Å². The van der Waals surface area contributed by atoms with Crippen molar-refractivity contribution >= 4 is 99.4 Å². The van der Waals surface area contributed by atoms with Crippen molar-refractivity contribution in [3.8, 4) is 101 Å². The second kappa shape index (κ2) is 26.5. The molecule has 0 spiro atoms. The first kappa shape index (κ1) is 64.9. The van der Waals surface area contributed by atoms with Crippen molar-refractivity contribution < 1.29 is 8.83 Å². The van der Waals surface area contributed by atoms with Gasteiger partial charge in [-0.05, 0) is 249 Å². The molecule has 0 aliphatic heterocycles. The Bertz CT molecular complexity index is 6970. The Morgan fingerprint density at radius 2 is 0.514 bits per heavy atom. The summed E-state index contributed by atoms with van der Waals surface area (Å²) in [6.45, 7) is 4.77. The van der Waals surface area contributed by atoms with E-state index in [2.05, 4.69) is 339 Å². The summed E-state index contributed by atoms with van der Waals surface area (Å²) in [7, 11) is 0. The standard InChI is InChI=1S/C105H70N4O2/c1-105(2)95-65-84(46-58-91(95)92-59-57-90(66-96(92)105)109(87-49-38-70(39-50-87)67-16-7-3-8-17-67)88-55-44-74(45-56-88)83-37-33-76-31-35-78-48-61-98-102(100(78)94(76)64-83)107-104(111-98)80-22-13-6-14-23-80)72-28-26-69(27-29-72)71-40-51-85(52-41-71)108(89-25-15-24-81(62-89)68-18-9-4-10-19-68)86-53-42-73(43-54-86)82-36-32-75-30-34-77-47-60-97-101(99(77)93(75)63-82)106-103(110-97)79-20-11-5-12-21-79/h3-66H,1-2H3. The first-order valence-corrected chi connectivity index (χ1v) is 38.0. The molecule has 21 rings (SSSR count). The molecule has 2 heterocycles. The number of benzene rings is 18. The molecule has 0 radical (unpaired) electrons. The van der Waals surface area contributed by atoms with Crippen LogP contribution < -0.4 is 9.80 Å². The molecule has 522 valence electrons. The Morgan fingerprint density at radius 1 is 0.225 bits per heavy atom. The zero-order chi connectivity index (χ0) is 73.7. The molecular weight excluding hydrogens is 1350 g/mol. The first-order chi connectivity index (χ1) is 54.7. The van der Waals surface area contributed by atoms with Crippen LogP contribution in [0.1, 0.15) is 25.0 Å². The summed E-state index contributed by atoms with van der Waals surface area (Å²) >= 11 is 0. The highest BCUT2D eigenvalue weighted by Crippen LogP contribution is 2.53. The number of oxazole rings is 2. The van der Waals surface area contributed by atoms with Crippen LogP contribution in [0.15, 0.2) is 397 Å². The van der Waals surface area contributed by atoms with E-state index in [0.717, 1.165) is 149 Å². The van der Waals surface area contributed by atoms with E-state index in [1.54, 1.807) is 0 Å². The van der Waals surface area contributed by atoms with Gasteiger partial charge in [-0.25, -0.2) is 9.97 Å². The lowest BCUT2D eigenvalue weighted by atomic mass is 9.81. The Balaban J connectivity index is 0.568. The van der Waals surface area contributed by atoms with Gasteiger partial charge in [0, 0.05) is 61.4 Å². The Kier molecular flexibility index (Phi) is 15.5. The van der Waals surface area contributed by atoms with Crippen LogP contribution in [-0.2, 0) is 5.41 Å². The number of nitrogens with zero attached hydrogens (tertiary/aromatic N) is 4. The fraction of sp³-hybridized carbons (Fsp3) is 0.0286. The molecule has 0 atom stereocenters. The zero-order valence-corrected chi connectivity index (χ0v) is 61.1. The minimum Gasteiger partial charge on any atom is -0.436 e. The van der Waals surface area contributed by atoms with Gasteiger partial charge >= 0.3 is 0 Å². The van der Waals surface area contributed by atoms with Gasteiger partial charge in [0.05, 0.1) is 0 Å². The summed E-state index contributed by atoms with van der Waals surface area (Å²) in [6, 6.07) is 140. The van der Waals surface area contributed by atoms with Gasteiger partial charge in [-0.1, -0.05) is 275 Å². The van der Waals surface area contributed by atoms with Gasteiger partial charge in [0.1, 0.15) is 11.0 Å². The average molecular weight is 1420 g/mol. The summed E-state index contributed by atoms with van der Waals surface area (Å²) in [6.07, 6.45) is 0. The molecule has 20 aromatic rings. The van der Waals surface area contributed by atoms with Gasteiger partial charge in [-0.3, -0.25) is 0 Å². The van der Waals surface area contributed by atoms with Crippen molar-refractivity contribution in [1.82, 2.24) is 9.97 Å². The van der Waals surface area contributed by atoms with Crippen LogP contribution in [0.25, 0.3) is 166 Å². The van der Waals surface area contributed by atoms with Crippen molar-refractivity contribution in [3.05, 3.63) is 399 Å². The summed E-state index contributed by atoms with van der Waals surface area (Å²) in [4.78, 5) is 15.0. The van der Waals surface area contributed by atoms with Crippen molar-refractivity contribution in [1.29, 1.82) is 0 Å². The molecule has 0 bridgehead atoms. The smallest absolute Gasteiger partial charge is 0.227 e. The lowest BCUT2D eigenvalue weighted by Gasteiger charge is -2.28. The molecule has 6 nitrogen and oxygen atoms in total. The van der Waals surface area contributed by atoms with E-state index in [1.807, 2.05) is 72.8 Å². The second-order valence-corrected chi connectivity index (χ2v) is 29.6. The van der Waals surface area contributed by atoms with Crippen LogP contribution in [0.5, 0.6) is 0 Å². The summed E-state index contributed by atoms with van der Waals surface area (Å²) in [5, 5.41) is 9.04. The molecule has 0 unspecified atom stereocenters. The van der Waals surface area contributed by atoms with Crippen molar-refractivity contribution in [2.75, 3.05) is 9.80 Å². The zero-order valence-electron chi connectivity index (χ0n) is 61.1. The molecule has 1 aliphatic rings. The van der Waals surface area contributed by atoms with Crippen LogP contribution in [-0.4, -0.2) is 9.97 Å². The summed E-state index contributed by atoms with van der Waals surface area (Å²) in [5.41, 5.74) is 30.4. The first-order valence-electron chi connectivity index (χ1n) is 38.0. The number of hydrogen-bond donors (Lipinski definition) is 0. The minimum atomic E-state index is -0.293. The van der Waals surface area contributed by atoms with Gasteiger partial charge in [-0.2, -0.15) is 0 Å². The van der Waals surface area contributed by atoms with E-state index >= 15 is 0 Å². The van der Waals surface area contributed by atoms with Crippen LogP contribution in [0.4, 0.5) is 34.1 Å². The highest BCUT2D eigenvalue weighted by molar-refractivity contribution is 6.20. The third-order valence-electron chi connectivity index (χ3n) is 22.7. The predicted octanol–water partition coefficient (Wildman–Crippen LogP) is 29.2. The minimum absolute atomic E-state index is 0.293. The predicted molar refractivity (Wildman–Crippen MR) is 462 cm³/mol. The van der Waals surface area contributed by atoms with Crippen molar-refractivity contribution in [3.63, 3.8) is 0 Å². The Morgan fingerprint density at radius 3 is 0.955 bits per heavy atom. The highest BCUT2D eigenvalue weighted by atomic mass is 16.4. The molecule has 2 aromatic heterocycles. The molecule has 0 fully saturated rings. The SMILES string of the molecule is CC1(C)c2cc(-c3ccc(-c4ccc(N(c5ccc(-c6ccc7ccc8ccc9oc(-c%10ccccc%10)nc9c8c7c6)cc5)c5cccc(-c6ccccc6)c5)cc4)cc3)ccc2-c2ccc(N(c3ccc(-c4ccccc4)cc3)c3ccc(-c4ccc5ccc6ccc7oc(-c8ccccc8)nc7c6c5c4)cc3)cc21. The molecule has 6 heteroatoms. The second-order valence-electron chi connectivity index (χ2n) is 29.6. The van der Waals surface area contributed by atoms with Crippen LogP contribution in [0.2, 0.25) is 0 Å².